The molecule has 3 rings (SSSR count). The third kappa shape index (κ3) is 3.18. The van der Waals surface area contributed by atoms with Crippen molar-refractivity contribution in [2.75, 3.05) is 20.2 Å². The van der Waals surface area contributed by atoms with Crippen molar-refractivity contribution in [1.82, 2.24) is 9.88 Å². The molecule has 1 aromatic rings. The molecule has 0 atom stereocenters. The highest BCUT2D eigenvalue weighted by Gasteiger charge is 2.36. The lowest BCUT2D eigenvalue weighted by molar-refractivity contribution is 0.103. The van der Waals surface area contributed by atoms with E-state index in [4.69, 9.17) is 4.74 Å². The van der Waals surface area contributed by atoms with Gasteiger partial charge in [0.15, 0.2) is 0 Å². The second-order valence-corrected chi connectivity index (χ2v) is 7.09. The van der Waals surface area contributed by atoms with Crippen LogP contribution in [0.25, 0.3) is 0 Å². The Morgan fingerprint density at radius 3 is 2.68 bits per heavy atom. The van der Waals surface area contributed by atoms with Crippen molar-refractivity contribution in [3.05, 3.63) is 16.1 Å². The summed E-state index contributed by atoms with van der Waals surface area (Å²) in [4.78, 5) is 7.21. The van der Waals surface area contributed by atoms with Gasteiger partial charge in [0.25, 0.3) is 0 Å². The van der Waals surface area contributed by atoms with Gasteiger partial charge in [0, 0.05) is 19.0 Å². The van der Waals surface area contributed by atoms with E-state index in [9.17, 15) is 0 Å². The summed E-state index contributed by atoms with van der Waals surface area (Å²) in [6, 6.07) is 0. The average Bonchev–Trinajstić information content (AvgIpc) is 3.04. The number of likely N-dealkylation sites (tertiary alicyclic amines) is 1. The van der Waals surface area contributed by atoms with E-state index in [-0.39, 0.29) is 0 Å². The predicted octanol–water partition coefficient (Wildman–Crippen LogP) is 3.45. The topological polar surface area (TPSA) is 25.4 Å². The van der Waals surface area contributed by atoms with Crippen LogP contribution in [0.3, 0.4) is 0 Å². The van der Waals surface area contributed by atoms with Crippen molar-refractivity contribution in [3.63, 3.8) is 0 Å². The number of methoxy groups -OCH3 is 1. The third-order valence-corrected chi connectivity index (χ3v) is 5.70. The summed E-state index contributed by atoms with van der Waals surface area (Å²) >= 11 is 1.72. The molecule has 0 N–H and O–H groups in total. The van der Waals surface area contributed by atoms with E-state index in [0.717, 1.165) is 17.0 Å². The SMILES string of the molecule is COCc1nc(CN2CCC3(CCCC3)CC2)cs1. The Labute approximate surface area is 120 Å². The molecule has 106 valence electrons. The maximum atomic E-state index is 5.13. The number of thiazole rings is 1. The van der Waals surface area contributed by atoms with Crippen LogP contribution in [0.1, 0.15) is 49.2 Å². The fraction of sp³-hybridized carbons (Fsp3) is 0.800. The Bertz CT molecular complexity index is 402. The molecular formula is C15H24N2OS. The lowest BCUT2D eigenvalue weighted by atomic mass is 9.77. The van der Waals surface area contributed by atoms with Crippen LogP contribution in [-0.2, 0) is 17.9 Å². The number of aromatic nitrogens is 1. The zero-order chi connectivity index (χ0) is 13.1. The molecule has 1 aliphatic carbocycles. The second kappa shape index (κ2) is 5.90. The fourth-order valence-corrected chi connectivity index (χ4v) is 4.41. The first-order valence-electron chi connectivity index (χ1n) is 7.44. The minimum Gasteiger partial charge on any atom is -0.378 e. The van der Waals surface area contributed by atoms with Crippen LogP contribution in [0, 0.1) is 5.41 Å². The summed E-state index contributed by atoms with van der Waals surface area (Å²) < 4.78 is 5.13. The quantitative estimate of drug-likeness (QED) is 0.844. The maximum Gasteiger partial charge on any atom is 0.119 e. The normalized spacial score (nSPS) is 23.2. The molecular weight excluding hydrogens is 256 g/mol. The van der Waals surface area contributed by atoms with Gasteiger partial charge in [-0.15, -0.1) is 11.3 Å². The molecule has 3 nitrogen and oxygen atoms in total. The number of hydrogen-bond acceptors (Lipinski definition) is 4. The largest absolute Gasteiger partial charge is 0.378 e. The smallest absolute Gasteiger partial charge is 0.119 e. The second-order valence-electron chi connectivity index (χ2n) is 6.15. The summed E-state index contributed by atoms with van der Waals surface area (Å²) in [7, 11) is 1.73. The summed E-state index contributed by atoms with van der Waals surface area (Å²) in [5.41, 5.74) is 1.94. The first-order valence-corrected chi connectivity index (χ1v) is 8.32. The number of piperidine rings is 1. The number of nitrogens with zero attached hydrogens (tertiary/aromatic N) is 2. The van der Waals surface area contributed by atoms with Gasteiger partial charge in [0.1, 0.15) is 5.01 Å². The van der Waals surface area contributed by atoms with Crippen molar-refractivity contribution in [3.8, 4) is 0 Å². The molecule has 1 aromatic heterocycles. The van der Waals surface area contributed by atoms with Crippen molar-refractivity contribution in [2.24, 2.45) is 5.41 Å². The van der Waals surface area contributed by atoms with Crippen LogP contribution >= 0.6 is 11.3 Å². The van der Waals surface area contributed by atoms with Crippen LogP contribution in [0.4, 0.5) is 0 Å². The first kappa shape index (κ1) is 13.5. The molecule has 19 heavy (non-hydrogen) atoms. The number of hydrogen-bond donors (Lipinski definition) is 0. The molecule has 0 aromatic carbocycles. The molecule has 1 saturated heterocycles. The summed E-state index contributed by atoms with van der Waals surface area (Å²) in [5.74, 6) is 0. The van der Waals surface area contributed by atoms with Crippen LogP contribution in [0.2, 0.25) is 0 Å². The van der Waals surface area contributed by atoms with E-state index in [0.29, 0.717) is 6.61 Å². The number of rotatable bonds is 4. The molecule has 4 heteroatoms. The third-order valence-electron chi connectivity index (χ3n) is 4.83. The summed E-state index contributed by atoms with van der Waals surface area (Å²) in [5, 5.41) is 3.29. The van der Waals surface area contributed by atoms with E-state index >= 15 is 0 Å². The molecule has 1 spiro atoms. The van der Waals surface area contributed by atoms with Gasteiger partial charge in [-0.2, -0.15) is 0 Å². The molecule has 1 aliphatic heterocycles. The van der Waals surface area contributed by atoms with Crippen molar-refractivity contribution >= 4 is 11.3 Å². The Kier molecular flexibility index (Phi) is 4.20. The first-order chi connectivity index (χ1) is 9.30. The van der Waals surface area contributed by atoms with Crippen LogP contribution in [0.15, 0.2) is 5.38 Å². The molecule has 0 amide bonds. The highest BCUT2D eigenvalue weighted by molar-refractivity contribution is 7.09. The minimum absolute atomic E-state index is 0.647. The molecule has 2 heterocycles. The number of ether oxygens (including phenoxy) is 1. The Morgan fingerprint density at radius 2 is 2.00 bits per heavy atom. The molecule has 0 unspecified atom stereocenters. The van der Waals surface area contributed by atoms with Crippen molar-refractivity contribution < 1.29 is 4.74 Å². The van der Waals surface area contributed by atoms with E-state index < -0.39 is 0 Å². The van der Waals surface area contributed by atoms with Gasteiger partial charge in [-0.1, -0.05) is 12.8 Å². The van der Waals surface area contributed by atoms with Gasteiger partial charge in [0.05, 0.1) is 12.3 Å². The maximum absolute atomic E-state index is 5.13. The van der Waals surface area contributed by atoms with E-state index in [1.165, 1.54) is 57.3 Å². The highest BCUT2D eigenvalue weighted by atomic mass is 32.1. The predicted molar refractivity (Wildman–Crippen MR) is 78.2 cm³/mol. The zero-order valence-corrected chi connectivity index (χ0v) is 12.7. The van der Waals surface area contributed by atoms with Gasteiger partial charge in [-0.05, 0) is 44.2 Å². The molecule has 1 saturated carbocycles. The Balaban J connectivity index is 1.51. The molecule has 2 aliphatic rings. The van der Waals surface area contributed by atoms with E-state index in [1.807, 2.05) is 0 Å². The molecule has 0 radical (unpaired) electrons. The van der Waals surface area contributed by atoms with Crippen LogP contribution in [0.5, 0.6) is 0 Å². The monoisotopic (exact) mass is 280 g/mol. The lowest BCUT2D eigenvalue weighted by Crippen LogP contribution is -2.38. The van der Waals surface area contributed by atoms with Gasteiger partial charge >= 0.3 is 0 Å². The summed E-state index contributed by atoms with van der Waals surface area (Å²) in [6.07, 6.45) is 8.70. The highest BCUT2D eigenvalue weighted by Crippen LogP contribution is 2.46. The molecule has 0 bridgehead atoms. The molecule has 2 fully saturated rings. The Morgan fingerprint density at radius 1 is 1.26 bits per heavy atom. The average molecular weight is 280 g/mol. The van der Waals surface area contributed by atoms with Gasteiger partial charge < -0.3 is 4.74 Å². The van der Waals surface area contributed by atoms with Crippen molar-refractivity contribution in [2.45, 2.75) is 51.7 Å². The van der Waals surface area contributed by atoms with E-state index in [1.54, 1.807) is 18.4 Å². The van der Waals surface area contributed by atoms with Crippen LogP contribution < -0.4 is 0 Å². The summed E-state index contributed by atoms with van der Waals surface area (Å²) in [6.45, 7) is 4.19. The lowest BCUT2D eigenvalue weighted by Gasteiger charge is -2.39. The fourth-order valence-electron chi connectivity index (χ4n) is 3.65. The van der Waals surface area contributed by atoms with Crippen LogP contribution in [-0.4, -0.2) is 30.1 Å². The van der Waals surface area contributed by atoms with E-state index in [2.05, 4.69) is 15.3 Å². The zero-order valence-electron chi connectivity index (χ0n) is 11.9. The van der Waals surface area contributed by atoms with Gasteiger partial charge in [-0.3, -0.25) is 4.90 Å². The Hall–Kier alpha value is -0.450. The van der Waals surface area contributed by atoms with Gasteiger partial charge in [-0.25, -0.2) is 4.98 Å². The minimum atomic E-state index is 0.647. The van der Waals surface area contributed by atoms with Crippen molar-refractivity contribution in [1.29, 1.82) is 0 Å². The van der Waals surface area contributed by atoms with Gasteiger partial charge in [0.2, 0.25) is 0 Å². The standard InChI is InChI=1S/C15H24N2OS/c1-18-11-14-16-13(12-19-14)10-17-8-6-15(7-9-17)4-2-3-5-15/h12H,2-11H2,1H3.